The van der Waals surface area contributed by atoms with E-state index in [2.05, 4.69) is 5.32 Å². The predicted octanol–water partition coefficient (Wildman–Crippen LogP) is 0.945. The van der Waals surface area contributed by atoms with Crippen LogP contribution in [0.4, 0.5) is 13.2 Å². The van der Waals surface area contributed by atoms with Gasteiger partial charge in [0.15, 0.2) is 0 Å². The van der Waals surface area contributed by atoms with Crippen LogP contribution in [0.5, 0.6) is 0 Å². The zero-order chi connectivity index (χ0) is 12.8. The van der Waals surface area contributed by atoms with Crippen LogP contribution in [0.1, 0.15) is 20.3 Å². The van der Waals surface area contributed by atoms with Gasteiger partial charge in [-0.3, -0.25) is 10.1 Å². The Kier molecular flexibility index (Phi) is 5.82. The van der Waals surface area contributed by atoms with E-state index in [0.29, 0.717) is 0 Å². The molecule has 0 aliphatic rings. The fourth-order valence-electron chi connectivity index (χ4n) is 0.969. The number of carbonyl (C=O) groups excluding carboxylic acids is 1. The Morgan fingerprint density at radius 2 is 2.00 bits per heavy atom. The Bertz CT molecular complexity index is 270. The molecule has 0 aliphatic carbocycles. The van der Waals surface area contributed by atoms with Crippen molar-refractivity contribution in [2.24, 2.45) is 0 Å². The molecule has 0 spiro atoms. The van der Waals surface area contributed by atoms with Crippen molar-refractivity contribution in [3.8, 4) is 6.07 Å². The first-order valence-corrected chi connectivity index (χ1v) is 4.73. The van der Waals surface area contributed by atoms with Crippen molar-refractivity contribution in [2.75, 3.05) is 6.54 Å². The van der Waals surface area contributed by atoms with Crippen molar-refractivity contribution in [1.82, 2.24) is 10.6 Å². The number of halogens is 3. The summed E-state index contributed by atoms with van der Waals surface area (Å²) in [5.41, 5.74) is 0. The first-order valence-electron chi connectivity index (χ1n) is 4.73. The highest BCUT2D eigenvalue weighted by Gasteiger charge is 2.28. The minimum absolute atomic E-state index is 0.102. The molecule has 0 saturated heterocycles. The van der Waals surface area contributed by atoms with Crippen LogP contribution in [-0.4, -0.2) is 30.7 Å². The summed E-state index contributed by atoms with van der Waals surface area (Å²) in [7, 11) is 0. The smallest absolute Gasteiger partial charge is 0.354 e. The maximum Gasteiger partial charge on any atom is 0.401 e. The van der Waals surface area contributed by atoms with Gasteiger partial charge in [-0.25, -0.2) is 0 Å². The first kappa shape index (κ1) is 14.7. The molecule has 0 aromatic heterocycles. The maximum atomic E-state index is 11.8. The Hall–Kier alpha value is -1.29. The molecule has 0 heterocycles. The second-order valence-corrected chi connectivity index (χ2v) is 3.60. The first-order chi connectivity index (χ1) is 7.24. The lowest BCUT2D eigenvalue weighted by Crippen LogP contribution is -2.40. The maximum absolute atomic E-state index is 11.8. The lowest BCUT2D eigenvalue weighted by molar-refractivity contribution is -0.128. The molecule has 0 radical (unpaired) electrons. The van der Waals surface area contributed by atoms with Crippen LogP contribution in [-0.2, 0) is 4.79 Å². The lowest BCUT2D eigenvalue weighted by atomic mass is 10.2. The van der Waals surface area contributed by atoms with Gasteiger partial charge in [-0.2, -0.15) is 18.4 Å². The molecule has 1 amide bonds. The highest BCUT2D eigenvalue weighted by atomic mass is 19.4. The van der Waals surface area contributed by atoms with Crippen molar-refractivity contribution < 1.29 is 18.0 Å². The van der Waals surface area contributed by atoms with Crippen molar-refractivity contribution in [2.45, 2.75) is 38.5 Å². The van der Waals surface area contributed by atoms with Crippen molar-refractivity contribution >= 4 is 5.91 Å². The Morgan fingerprint density at radius 1 is 1.44 bits per heavy atom. The van der Waals surface area contributed by atoms with E-state index in [1.54, 1.807) is 19.9 Å². The summed E-state index contributed by atoms with van der Waals surface area (Å²) in [6, 6.07) is 0.380. The standard InChI is InChI=1S/C9H14F3N3O/c1-6(2)15-8(16)3-7(4-13)14-5-9(10,11)12/h6-7,14H,3,5H2,1-2H3,(H,15,16). The molecule has 1 unspecified atom stereocenters. The van der Waals surface area contributed by atoms with Crippen LogP contribution in [0.2, 0.25) is 0 Å². The molecule has 92 valence electrons. The molecule has 2 N–H and O–H groups in total. The molecule has 0 aliphatic heterocycles. The summed E-state index contributed by atoms with van der Waals surface area (Å²) < 4.78 is 35.5. The molecule has 0 aromatic carbocycles. The number of carbonyl (C=O) groups is 1. The van der Waals surface area contributed by atoms with E-state index < -0.39 is 24.7 Å². The van der Waals surface area contributed by atoms with Gasteiger partial charge in [-0.15, -0.1) is 0 Å². The van der Waals surface area contributed by atoms with Crippen LogP contribution in [0, 0.1) is 11.3 Å². The summed E-state index contributed by atoms with van der Waals surface area (Å²) in [6.07, 6.45) is -4.67. The number of hydrogen-bond acceptors (Lipinski definition) is 3. The van der Waals surface area contributed by atoms with E-state index in [1.165, 1.54) is 0 Å². The van der Waals surface area contributed by atoms with Crippen LogP contribution in [0.15, 0.2) is 0 Å². The SMILES string of the molecule is CC(C)NC(=O)CC(C#N)NCC(F)(F)F. The number of rotatable bonds is 5. The van der Waals surface area contributed by atoms with Crippen LogP contribution >= 0.6 is 0 Å². The average Bonchev–Trinajstić information content (AvgIpc) is 2.09. The number of amides is 1. The van der Waals surface area contributed by atoms with Crippen LogP contribution < -0.4 is 10.6 Å². The highest BCUT2D eigenvalue weighted by Crippen LogP contribution is 2.12. The van der Waals surface area contributed by atoms with Gasteiger partial charge in [-0.1, -0.05) is 0 Å². The van der Waals surface area contributed by atoms with Gasteiger partial charge >= 0.3 is 6.18 Å². The van der Waals surface area contributed by atoms with Gasteiger partial charge in [0.05, 0.1) is 19.0 Å². The topological polar surface area (TPSA) is 64.9 Å². The van der Waals surface area contributed by atoms with Crippen molar-refractivity contribution in [3.05, 3.63) is 0 Å². The van der Waals surface area contributed by atoms with Gasteiger partial charge in [0.25, 0.3) is 0 Å². The largest absolute Gasteiger partial charge is 0.401 e. The molecule has 0 saturated carbocycles. The number of nitrogens with zero attached hydrogens (tertiary/aromatic N) is 1. The molecule has 16 heavy (non-hydrogen) atoms. The molecule has 7 heteroatoms. The summed E-state index contributed by atoms with van der Waals surface area (Å²) in [4.78, 5) is 11.2. The van der Waals surface area contributed by atoms with E-state index >= 15 is 0 Å². The third-order valence-corrected chi connectivity index (χ3v) is 1.54. The van der Waals surface area contributed by atoms with Crippen LogP contribution in [0.25, 0.3) is 0 Å². The fourth-order valence-corrected chi connectivity index (χ4v) is 0.969. The third-order valence-electron chi connectivity index (χ3n) is 1.54. The zero-order valence-electron chi connectivity index (χ0n) is 9.06. The average molecular weight is 237 g/mol. The summed E-state index contributed by atoms with van der Waals surface area (Å²) in [6.45, 7) is 2.17. The summed E-state index contributed by atoms with van der Waals surface area (Å²) in [5, 5.41) is 13.0. The van der Waals surface area contributed by atoms with Crippen molar-refractivity contribution in [1.29, 1.82) is 5.26 Å². The fraction of sp³-hybridized carbons (Fsp3) is 0.778. The molecule has 1 atom stereocenters. The van der Waals surface area contributed by atoms with Crippen molar-refractivity contribution in [3.63, 3.8) is 0 Å². The second kappa shape index (κ2) is 6.33. The molecular formula is C9H14F3N3O. The van der Waals surface area contributed by atoms with E-state index in [4.69, 9.17) is 5.26 Å². The Balaban J connectivity index is 4.03. The van der Waals surface area contributed by atoms with E-state index in [1.807, 2.05) is 5.32 Å². The number of alkyl halides is 3. The molecular weight excluding hydrogens is 223 g/mol. The predicted molar refractivity (Wildman–Crippen MR) is 51.4 cm³/mol. The molecule has 0 bridgehead atoms. The number of hydrogen-bond donors (Lipinski definition) is 2. The molecule has 0 rings (SSSR count). The van der Waals surface area contributed by atoms with Crippen LogP contribution in [0.3, 0.4) is 0 Å². The summed E-state index contributed by atoms with van der Waals surface area (Å²) >= 11 is 0. The Labute approximate surface area is 91.8 Å². The second-order valence-electron chi connectivity index (χ2n) is 3.60. The van der Waals surface area contributed by atoms with Gasteiger partial charge in [0.1, 0.15) is 6.04 Å². The van der Waals surface area contributed by atoms with E-state index in [0.717, 1.165) is 0 Å². The molecule has 0 fully saturated rings. The minimum atomic E-state index is -4.39. The lowest BCUT2D eigenvalue weighted by Gasteiger charge is -2.14. The zero-order valence-corrected chi connectivity index (χ0v) is 9.06. The van der Waals surface area contributed by atoms with Gasteiger partial charge in [0, 0.05) is 6.04 Å². The monoisotopic (exact) mass is 237 g/mol. The number of nitrogens with one attached hydrogen (secondary N) is 2. The molecule has 4 nitrogen and oxygen atoms in total. The van der Waals surface area contributed by atoms with E-state index in [-0.39, 0.29) is 12.5 Å². The molecule has 0 aromatic rings. The minimum Gasteiger partial charge on any atom is -0.354 e. The van der Waals surface area contributed by atoms with E-state index in [9.17, 15) is 18.0 Å². The Morgan fingerprint density at radius 3 is 2.38 bits per heavy atom. The summed E-state index contributed by atoms with van der Waals surface area (Å²) in [5.74, 6) is -0.448. The van der Waals surface area contributed by atoms with Gasteiger partial charge in [-0.05, 0) is 13.8 Å². The number of nitriles is 1. The van der Waals surface area contributed by atoms with Gasteiger partial charge in [0.2, 0.25) is 5.91 Å². The quantitative estimate of drug-likeness (QED) is 0.748. The van der Waals surface area contributed by atoms with Gasteiger partial charge < -0.3 is 5.32 Å². The highest BCUT2D eigenvalue weighted by molar-refractivity contribution is 5.77. The normalized spacial score (nSPS) is 13.3. The third kappa shape index (κ3) is 8.05.